The van der Waals surface area contributed by atoms with E-state index >= 15 is 0 Å². The monoisotopic (exact) mass is 580 g/mol. The van der Waals surface area contributed by atoms with Crippen LogP contribution in [0.2, 0.25) is 0 Å². The second-order valence-corrected chi connectivity index (χ2v) is 12.7. The molecule has 6 rings (SSSR count). The molecule has 1 heterocycles. The zero-order valence-electron chi connectivity index (χ0n) is 24.2. The fourth-order valence-electron chi connectivity index (χ4n) is 6.44. The second kappa shape index (κ2) is 13.6. The van der Waals surface area contributed by atoms with Crippen LogP contribution in [0.4, 0.5) is 10.8 Å². The van der Waals surface area contributed by atoms with Crippen molar-refractivity contribution >= 4 is 28.1 Å². The molecule has 3 aromatic carbocycles. The Morgan fingerprint density at radius 3 is 2.17 bits per heavy atom. The van der Waals surface area contributed by atoms with Crippen LogP contribution >= 0.6 is 11.3 Å². The number of nitrogens with zero attached hydrogens (tertiary/aromatic N) is 2. The summed E-state index contributed by atoms with van der Waals surface area (Å²) in [5, 5.41) is 12.4. The normalized spacial score (nSPS) is 16.3. The van der Waals surface area contributed by atoms with E-state index < -0.39 is 5.97 Å². The number of carboxylic acids is 1. The molecule has 0 unspecified atom stereocenters. The van der Waals surface area contributed by atoms with Crippen LogP contribution in [-0.4, -0.2) is 22.6 Å². The highest BCUT2D eigenvalue weighted by atomic mass is 32.1. The lowest BCUT2D eigenvalue weighted by Crippen LogP contribution is -2.26. The number of aromatic carboxylic acids is 1. The maximum atomic E-state index is 11.4. The van der Waals surface area contributed by atoms with Crippen LogP contribution in [0.15, 0.2) is 78.2 Å². The van der Waals surface area contributed by atoms with Gasteiger partial charge >= 0.3 is 5.97 Å². The van der Waals surface area contributed by atoms with Gasteiger partial charge in [-0.15, -0.1) is 11.3 Å². The molecule has 0 bridgehead atoms. The van der Waals surface area contributed by atoms with E-state index in [4.69, 9.17) is 9.72 Å². The Labute approximate surface area is 253 Å². The summed E-state index contributed by atoms with van der Waals surface area (Å²) in [6, 6.07) is 24.4. The van der Waals surface area contributed by atoms with Crippen molar-refractivity contribution in [2.45, 2.75) is 76.7 Å². The fraction of sp³-hybridized carbons (Fsp3) is 0.389. The standard InChI is InChI=1S/C36H40N2O3S/c39-35(40)31-15-19-32(20-16-31)38(23-26-7-3-1-4-8-26)36-37-34(25-42-36)30-17-21-33(22-18-30)41-24-27-11-13-29(14-12-27)28-9-5-2-6-10-28/h11-22,25-26,28H,1-10,23-24H2,(H,39,40). The van der Waals surface area contributed by atoms with Gasteiger partial charge in [-0.3, -0.25) is 0 Å². The summed E-state index contributed by atoms with van der Waals surface area (Å²) in [4.78, 5) is 18.7. The first-order chi connectivity index (χ1) is 20.6. The molecule has 6 heteroatoms. The average molecular weight is 581 g/mol. The lowest BCUT2D eigenvalue weighted by Gasteiger charge is -2.29. The van der Waals surface area contributed by atoms with E-state index in [0.29, 0.717) is 18.1 Å². The van der Waals surface area contributed by atoms with E-state index in [0.717, 1.165) is 40.3 Å². The summed E-state index contributed by atoms with van der Waals surface area (Å²) in [6.45, 7) is 1.45. The zero-order valence-corrected chi connectivity index (χ0v) is 25.0. The number of benzene rings is 3. The minimum Gasteiger partial charge on any atom is -0.489 e. The summed E-state index contributed by atoms with van der Waals surface area (Å²) >= 11 is 1.64. The summed E-state index contributed by atoms with van der Waals surface area (Å²) < 4.78 is 6.11. The van der Waals surface area contributed by atoms with Crippen molar-refractivity contribution in [1.29, 1.82) is 0 Å². The Hall–Kier alpha value is -3.64. The number of thiazole rings is 1. The first-order valence-corrected chi connectivity index (χ1v) is 16.4. The van der Waals surface area contributed by atoms with Crippen LogP contribution in [0.5, 0.6) is 5.75 Å². The SMILES string of the molecule is O=C(O)c1ccc(N(CC2CCCCC2)c2nc(-c3ccc(OCc4ccc(C5CCCCC5)cc4)cc3)cs2)cc1. The first-order valence-electron chi connectivity index (χ1n) is 15.5. The molecule has 1 N–H and O–H groups in total. The first kappa shape index (κ1) is 28.5. The largest absolute Gasteiger partial charge is 0.489 e. The maximum Gasteiger partial charge on any atom is 0.335 e. The fourth-order valence-corrected chi connectivity index (χ4v) is 7.30. The lowest BCUT2D eigenvalue weighted by molar-refractivity contribution is 0.0697. The average Bonchev–Trinajstić information content (AvgIpc) is 3.54. The predicted molar refractivity (Wildman–Crippen MR) is 171 cm³/mol. The summed E-state index contributed by atoms with van der Waals surface area (Å²) in [6.07, 6.45) is 13.1. The van der Waals surface area contributed by atoms with Crippen molar-refractivity contribution in [1.82, 2.24) is 4.98 Å². The highest BCUT2D eigenvalue weighted by Gasteiger charge is 2.22. The van der Waals surface area contributed by atoms with Crippen molar-refractivity contribution in [3.8, 4) is 17.0 Å². The van der Waals surface area contributed by atoms with Crippen LogP contribution in [0.25, 0.3) is 11.3 Å². The number of hydrogen-bond acceptors (Lipinski definition) is 5. The van der Waals surface area contributed by atoms with Gasteiger partial charge in [-0.05, 0) is 97.2 Å². The van der Waals surface area contributed by atoms with E-state index in [1.807, 2.05) is 24.3 Å². The van der Waals surface area contributed by atoms with Crippen LogP contribution in [0, 0.1) is 5.92 Å². The van der Waals surface area contributed by atoms with Gasteiger partial charge in [-0.25, -0.2) is 9.78 Å². The Morgan fingerprint density at radius 1 is 0.833 bits per heavy atom. The van der Waals surface area contributed by atoms with Crippen molar-refractivity contribution < 1.29 is 14.6 Å². The molecular formula is C36H40N2O3S. The Morgan fingerprint density at radius 2 is 1.50 bits per heavy atom. The summed E-state index contributed by atoms with van der Waals surface area (Å²) in [5.41, 5.74) is 5.95. The summed E-state index contributed by atoms with van der Waals surface area (Å²) in [7, 11) is 0. The number of anilines is 2. The minimum atomic E-state index is -0.906. The van der Waals surface area contributed by atoms with Crippen LogP contribution < -0.4 is 9.64 Å². The highest BCUT2D eigenvalue weighted by molar-refractivity contribution is 7.14. The molecular weight excluding hydrogens is 540 g/mol. The van der Waals surface area contributed by atoms with Gasteiger partial charge in [0.25, 0.3) is 0 Å². The van der Waals surface area contributed by atoms with Crippen molar-refractivity contribution in [3.63, 3.8) is 0 Å². The van der Waals surface area contributed by atoms with Crippen molar-refractivity contribution in [2.24, 2.45) is 5.92 Å². The molecule has 0 saturated heterocycles. The van der Waals surface area contributed by atoms with Crippen molar-refractivity contribution in [2.75, 3.05) is 11.4 Å². The smallest absolute Gasteiger partial charge is 0.335 e. The Kier molecular flexibility index (Phi) is 9.19. The molecule has 2 aliphatic carbocycles. The van der Waals surface area contributed by atoms with Gasteiger partial charge < -0.3 is 14.7 Å². The third-order valence-electron chi connectivity index (χ3n) is 8.93. The molecule has 2 fully saturated rings. The molecule has 0 radical (unpaired) electrons. The van der Waals surface area contributed by atoms with Crippen LogP contribution in [0.1, 0.15) is 91.6 Å². The molecule has 218 valence electrons. The topological polar surface area (TPSA) is 62.7 Å². The number of rotatable bonds is 10. The van der Waals surface area contributed by atoms with Gasteiger partial charge in [0, 0.05) is 23.2 Å². The number of aromatic nitrogens is 1. The molecule has 2 aliphatic rings. The number of carbonyl (C=O) groups is 1. The highest BCUT2D eigenvalue weighted by Crippen LogP contribution is 2.36. The van der Waals surface area contributed by atoms with Gasteiger partial charge in [-0.1, -0.05) is 62.8 Å². The number of carboxylic acid groups (broad SMARTS) is 1. The van der Waals surface area contributed by atoms with Crippen LogP contribution in [-0.2, 0) is 6.61 Å². The van der Waals surface area contributed by atoms with Crippen molar-refractivity contribution in [3.05, 3.63) is 94.9 Å². The third kappa shape index (κ3) is 7.04. The zero-order chi connectivity index (χ0) is 28.7. The van der Waals surface area contributed by atoms with Gasteiger partial charge in [0.1, 0.15) is 12.4 Å². The Balaban J connectivity index is 1.11. The number of ether oxygens (including phenoxy) is 1. The van der Waals surface area contributed by atoms with E-state index in [1.165, 1.54) is 75.3 Å². The Bertz CT molecular complexity index is 1430. The molecule has 0 spiro atoms. The molecule has 0 atom stereocenters. The molecule has 42 heavy (non-hydrogen) atoms. The van der Waals surface area contributed by atoms with Crippen LogP contribution in [0.3, 0.4) is 0 Å². The molecule has 1 aromatic heterocycles. The van der Waals surface area contributed by atoms with Gasteiger partial charge in [0.15, 0.2) is 5.13 Å². The van der Waals surface area contributed by atoms with E-state index in [1.54, 1.807) is 23.5 Å². The predicted octanol–water partition coefficient (Wildman–Crippen LogP) is 9.85. The molecule has 5 nitrogen and oxygen atoms in total. The third-order valence-corrected chi connectivity index (χ3v) is 9.79. The quantitative estimate of drug-likeness (QED) is 0.202. The molecule has 2 saturated carbocycles. The summed E-state index contributed by atoms with van der Waals surface area (Å²) in [5.74, 6) is 1.29. The van der Waals surface area contributed by atoms with Gasteiger partial charge in [0.2, 0.25) is 0 Å². The van der Waals surface area contributed by atoms with Gasteiger partial charge in [0.05, 0.1) is 11.3 Å². The van der Waals surface area contributed by atoms with Gasteiger partial charge in [-0.2, -0.15) is 0 Å². The van der Waals surface area contributed by atoms with E-state index in [9.17, 15) is 9.90 Å². The molecule has 4 aromatic rings. The second-order valence-electron chi connectivity index (χ2n) is 11.9. The van der Waals surface area contributed by atoms with E-state index in [2.05, 4.69) is 46.7 Å². The van der Waals surface area contributed by atoms with E-state index in [-0.39, 0.29) is 0 Å². The molecule has 0 aliphatic heterocycles. The lowest BCUT2D eigenvalue weighted by atomic mass is 9.84. The number of hydrogen-bond donors (Lipinski definition) is 1. The molecule has 0 amide bonds. The minimum absolute atomic E-state index is 0.301. The maximum absolute atomic E-state index is 11.4.